The molecule has 166 valence electrons. The zero-order valence-corrected chi connectivity index (χ0v) is 16.4. The van der Waals surface area contributed by atoms with E-state index in [9.17, 15) is 43.3 Å². The lowest BCUT2D eigenvalue weighted by Crippen LogP contribution is -2.37. The number of ether oxygens (including phenoxy) is 1. The second-order valence-electron chi connectivity index (χ2n) is 5.41. The highest BCUT2D eigenvalue weighted by molar-refractivity contribution is 7.65. The lowest BCUT2D eigenvalue weighted by Gasteiger charge is -2.30. The molecule has 1 saturated heterocycles. The Kier molecular flexibility index (Phi) is 7.20. The number of nitrogens with zero attached hydrogens (tertiary/aromatic N) is 1. The van der Waals surface area contributed by atoms with Crippen LogP contribution in [0.2, 0.25) is 0 Å². The Bertz CT molecular complexity index is 997. The molecule has 0 saturated carbocycles. The number of H-pyrrole nitrogens is 1. The van der Waals surface area contributed by atoms with Crippen LogP contribution in [0.25, 0.3) is 0 Å². The van der Waals surface area contributed by atoms with Crippen molar-refractivity contribution >= 4 is 23.5 Å². The highest BCUT2D eigenvalue weighted by Gasteiger charge is 2.44. The number of aromatic nitrogens is 2. The van der Waals surface area contributed by atoms with Crippen LogP contribution >= 0.6 is 23.5 Å². The van der Waals surface area contributed by atoms with Crippen LogP contribution in [0.3, 0.4) is 0 Å². The summed E-state index contributed by atoms with van der Waals surface area (Å²) < 4.78 is 49.6. The highest BCUT2D eigenvalue weighted by atomic mass is 31.3. The predicted molar refractivity (Wildman–Crippen MR) is 82.6 cm³/mol. The molecular formula is C9H13N2O15P3-2. The molecule has 0 bridgehead atoms. The van der Waals surface area contributed by atoms with E-state index in [-0.39, 0.29) is 0 Å². The van der Waals surface area contributed by atoms with Crippen molar-refractivity contribution in [2.24, 2.45) is 0 Å². The molecule has 5 N–H and O–H groups in total. The maximum Gasteiger partial charge on any atom is 0.476 e. The first-order valence-electron chi connectivity index (χ1n) is 7.18. The summed E-state index contributed by atoms with van der Waals surface area (Å²) in [5.74, 6) is 0. The summed E-state index contributed by atoms with van der Waals surface area (Å²) >= 11 is 0. The van der Waals surface area contributed by atoms with Gasteiger partial charge in [-0.3, -0.25) is 23.5 Å². The van der Waals surface area contributed by atoms with Gasteiger partial charge >= 0.3 is 13.5 Å². The number of aliphatic hydroxyl groups excluding tert-OH is 2. The largest absolute Gasteiger partial charge is 0.756 e. The molecule has 0 aliphatic carbocycles. The molecule has 0 spiro atoms. The van der Waals surface area contributed by atoms with E-state index in [0.29, 0.717) is 4.57 Å². The van der Waals surface area contributed by atoms with E-state index in [4.69, 9.17) is 14.5 Å². The molecule has 6 unspecified atom stereocenters. The molecule has 2 rings (SSSR count). The van der Waals surface area contributed by atoms with Gasteiger partial charge in [-0.2, -0.15) is 0 Å². The second-order valence-corrected chi connectivity index (χ2v) is 9.74. The molecule has 20 heteroatoms. The van der Waals surface area contributed by atoms with Crippen molar-refractivity contribution in [3.63, 3.8) is 0 Å². The van der Waals surface area contributed by atoms with Crippen LogP contribution < -0.4 is 21.0 Å². The number of nitrogens with one attached hydrogen (secondary N) is 1. The van der Waals surface area contributed by atoms with E-state index in [1.807, 2.05) is 4.98 Å². The van der Waals surface area contributed by atoms with Gasteiger partial charge in [0.2, 0.25) is 0 Å². The molecule has 0 radical (unpaired) electrons. The molecule has 1 aromatic rings. The van der Waals surface area contributed by atoms with Crippen molar-refractivity contribution in [2.75, 3.05) is 6.61 Å². The predicted octanol–water partition coefficient (Wildman–Crippen LogP) is -3.76. The van der Waals surface area contributed by atoms with Crippen LogP contribution in [0.1, 0.15) is 6.23 Å². The molecule has 0 amide bonds. The van der Waals surface area contributed by atoms with Gasteiger partial charge in [0, 0.05) is 12.3 Å². The normalized spacial score (nSPS) is 29.3. The quantitative estimate of drug-likeness (QED) is 0.223. The standard InChI is InChI=1S/C9H15N2O15P3/c12-5-1-2-11(9(15)10-5)8-7(14)6(13)4(24-8)3-23-28(19,20)26-29(21,22)25-27(16,17)18/h1-2,4,6-8,13-14H,3H2,(H,19,20)(H,21,22)(H,10,12,15)(H2,16,17,18)/p-2. The molecule has 1 aliphatic heterocycles. The van der Waals surface area contributed by atoms with E-state index in [2.05, 4.69) is 13.1 Å². The zero-order valence-electron chi connectivity index (χ0n) is 13.7. The third kappa shape index (κ3) is 6.73. The fraction of sp³-hybridized carbons (Fsp3) is 0.556. The van der Waals surface area contributed by atoms with E-state index in [1.54, 1.807) is 0 Å². The molecule has 29 heavy (non-hydrogen) atoms. The Labute approximate surface area is 159 Å². The first kappa shape index (κ1) is 24.2. The minimum absolute atomic E-state index is 0.683. The number of aromatic amines is 1. The van der Waals surface area contributed by atoms with Gasteiger partial charge in [-0.25, -0.2) is 18.0 Å². The van der Waals surface area contributed by atoms with E-state index < -0.39 is 65.9 Å². The first-order chi connectivity index (χ1) is 13.1. The van der Waals surface area contributed by atoms with Crippen molar-refractivity contribution in [1.29, 1.82) is 0 Å². The summed E-state index contributed by atoms with van der Waals surface area (Å²) in [6.07, 6.45) is -5.89. The van der Waals surface area contributed by atoms with Crippen LogP contribution in [0.5, 0.6) is 0 Å². The first-order valence-corrected chi connectivity index (χ1v) is 11.6. The second kappa shape index (κ2) is 8.61. The van der Waals surface area contributed by atoms with Gasteiger partial charge in [-0.1, -0.05) is 0 Å². The Hall–Kier alpha value is -1.03. The molecule has 1 aromatic heterocycles. The van der Waals surface area contributed by atoms with Gasteiger partial charge < -0.3 is 39.0 Å². The van der Waals surface area contributed by atoms with Gasteiger partial charge in [0.15, 0.2) is 6.23 Å². The summed E-state index contributed by atoms with van der Waals surface area (Å²) in [7, 11) is -17.5. The van der Waals surface area contributed by atoms with Crippen molar-refractivity contribution in [2.45, 2.75) is 24.5 Å². The molecule has 17 nitrogen and oxygen atoms in total. The van der Waals surface area contributed by atoms with Gasteiger partial charge in [0.05, 0.1) is 6.61 Å². The SMILES string of the molecule is O=c1ccn(C2OC(COP(=O)([O-])OP(=O)([O-])OP(=O)(O)O)C(O)C2O)c(=O)[nH]1. The Morgan fingerprint density at radius 3 is 2.28 bits per heavy atom. The summed E-state index contributed by atoms with van der Waals surface area (Å²) in [4.78, 5) is 64.0. The number of aliphatic hydroxyl groups is 2. The molecule has 1 fully saturated rings. The number of phosphoric ester groups is 1. The molecular weight excluding hydrogens is 469 g/mol. The van der Waals surface area contributed by atoms with Gasteiger partial charge in [0.25, 0.3) is 21.2 Å². The molecule has 6 atom stereocenters. The van der Waals surface area contributed by atoms with Crippen molar-refractivity contribution in [3.8, 4) is 0 Å². The van der Waals surface area contributed by atoms with Crippen LogP contribution in [0.4, 0.5) is 0 Å². The van der Waals surface area contributed by atoms with Crippen molar-refractivity contribution < 1.29 is 61.4 Å². The van der Waals surface area contributed by atoms with E-state index in [0.717, 1.165) is 12.3 Å². The topological polar surface area (TPSA) is 270 Å². The fourth-order valence-electron chi connectivity index (χ4n) is 2.18. The highest BCUT2D eigenvalue weighted by Crippen LogP contribution is 2.62. The minimum atomic E-state index is -6.04. The van der Waals surface area contributed by atoms with Crippen LogP contribution in [0, 0.1) is 0 Å². The summed E-state index contributed by atoms with van der Waals surface area (Å²) in [5.41, 5.74) is -1.78. The summed E-state index contributed by atoms with van der Waals surface area (Å²) in [6.45, 7) is -1.14. The van der Waals surface area contributed by atoms with E-state index in [1.165, 1.54) is 0 Å². The third-order valence-corrected chi connectivity index (χ3v) is 6.98. The van der Waals surface area contributed by atoms with Gasteiger partial charge in [0.1, 0.15) is 18.3 Å². The Balaban J connectivity index is 2.06. The fourth-order valence-corrected chi connectivity index (χ4v) is 5.11. The number of phosphoric acid groups is 3. The molecule has 2 heterocycles. The van der Waals surface area contributed by atoms with Crippen LogP contribution in [0.15, 0.2) is 21.9 Å². The molecule has 0 aromatic carbocycles. The lowest BCUT2D eigenvalue weighted by molar-refractivity contribution is -0.241. The Morgan fingerprint density at radius 1 is 1.10 bits per heavy atom. The molecule has 1 aliphatic rings. The zero-order chi connectivity index (χ0) is 22.2. The number of hydrogen-bond acceptors (Lipinski definition) is 13. The number of rotatable bonds is 8. The number of hydrogen-bond donors (Lipinski definition) is 5. The monoisotopic (exact) mass is 482 g/mol. The van der Waals surface area contributed by atoms with Crippen molar-refractivity contribution in [1.82, 2.24) is 9.55 Å². The lowest BCUT2D eigenvalue weighted by atomic mass is 10.1. The maximum atomic E-state index is 11.7. The van der Waals surface area contributed by atoms with Crippen LogP contribution in [-0.2, 0) is 31.6 Å². The van der Waals surface area contributed by atoms with Gasteiger partial charge in [-0.15, -0.1) is 0 Å². The third-order valence-electron chi connectivity index (χ3n) is 3.27. The summed E-state index contributed by atoms with van der Waals surface area (Å²) in [5, 5.41) is 19.9. The van der Waals surface area contributed by atoms with Gasteiger partial charge in [-0.05, 0) is 0 Å². The summed E-state index contributed by atoms with van der Waals surface area (Å²) in [6, 6.07) is 0.903. The smallest absolute Gasteiger partial charge is 0.476 e. The van der Waals surface area contributed by atoms with E-state index >= 15 is 0 Å². The minimum Gasteiger partial charge on any atom is -0.756 e. The average molecular weight is 482 g/mol. The Morgan fingerprint density at radius 2 is 1.72 bits per heavy atom. The van der Waals surface area contributed by atoms with Crippen LogP contribution in [-0.4, -0.2) is 54.5 Å². The average Bonchev–Trinajstić information content (AvgIpc) is 2.78. The maximum absolute atomic E-state index is 11.7. The van der Waals surface area contributed by atoms with Crippen molar-refractivity contribution in [3.05, 3.63) is 33.1 Å².